The van der Waals surface area contributed by atoms with Gasteiger partial charge in [0.15, 0.2) is 0 Å². The second-order valence-electron chi connectivity index (χ2n) is 6.80. The summed E-state index contributed by atoms with van der Waals surface area (Å²) >= 11 is 0. The van der Waals surface area contributed by atoms with Crippen LogP contribution in [0, 0.1) is 10.1 Å². The number of likely N-dealkylation sites (tertiary alicyclic amines) is 1. The van der Waals surface area contributed by atoms with Gasteiger partial charge in [-0.2, -0.15) is 0 Å². The van der Waals surface area contributed by atoms with Crippen LogP contribution in [-0.2, 0) is 0 Å². The smallest absolute Gasteiger partial charge is 0.293 e. The molecular formula is C18H28N4O3. The minimum Gasteiger partial charge on any atom is -0.378 e. The van der Waals surface area contributed by atoms with Gasteiger partial charge in [0.25, 0.3) is 11.6 Å². The number of carbonyl (C=O) groups excluding carboxylic acids is 1. The largest absolute Gasteiger partial charge is 0.378 e. The van der Waals surface area contributed by atoms with Crippen molar-refractivity contribution in [3.8, 4) is 0 Å². The maximum Gasteiger partial charge on any atom is 0.293 e. The van der Waals surface area contributed by atoms with Crippen LogP contribution < -0.4 is 10.6 Å². The molecule has 1 aromatic rings. The number of hydrogen-bond donors (Lipinski definition) is 2. The molecule has 7 nitrogen and oxygen atoms in total. The molecule has 0 unspecified atom stereocenters. The number of nitrogens with zero attached hydrogens (tertiary/aromatic N) is 2. The van der Waals surface area contributed by atoms with Crippen molar-refractivity contribution in [3.63, 3.8) is 0 Å². The Hall–Kier alpha value is -2.15. The third-order valence-corrected chi connectivity index (χ3v) is 4.32. The normalized spacial score (nSPS) is 15.6. The minimum absolute atomic E-state index is 0.0158. The summed E-state index contributed by atoms with van der Waals surface area (Å²) in [6, 6.07) is 4.57. The van der Waals surface area contributed by atoms with Crippen LogP contribution >= 0.6 is 0 Å². The van der Waals surface area contributed by atoms with Crippen LogP contribution in [0.2, 0.25) is 0 Å². The van der Waals surface area contributed by atoms with Gasteiger partial charge in [-0.15, -0.1) is 0 Å². The SMILES string of the molecule is CC(C)NC(=O)c1ccc(NCCN2CCCCCC2)c([N+](=O)[O-])c1. The molecule has 2 N–H and O–H groups in total. The summed E-state index contributed by atoms with van der Waals surface area (Å²) < 4.78 is 0. The fourth-order valence-electron chi connectivity index (χ4n) is 3.03. The van der Waals surface area contributed by atoms with E-state index in [-0.39, 0.29) is 17.6 Å². The highest BCUT2D eigenvalue weighted by Gasteiger charge is 2.18. The van der Waals surface area contributed by atoms with Gasteiger partial charge in [0, 0.05) is 30.8 Å². The number of carbonyl (C=O) groups is 1. The third kappa shape index (κ3) is 6.01. The van der Waals surface area contributed by atoms with Crippen LogP contribution in [0.1, 0.15) is 49.9 Å². The lowest BCUT2D eigenvalue weighted by Gasteiger charge is -2.20. The predicted molar refractivity (Wildman–Crippen MR) is 99.1 cm³/mol. The summed E-state index contributed by atoms with van der Waals surface area (Å²) in [6.45, 7) is 7.41. The van der Waals surface area contributed by atoms with E-state index in [9.17, 15) is 14.9 Å². The maximum absolute atomic E-state index is 12.0. The number of nitro benzene ring substituents is 1. The van der Waals surface area contributed by atoms with Gasteiger partial charge in [-0.25, -0.2) is 0 Å². The number of benzene rings is 1. The van der Waals surface area contributed by atoms with Gasteiger partial charge in [-0.1, -0.05) is 12.8 Å². The highest BCUT2D eigenvalue weighted by Crippen LogP contribution is 2.25. The topological polar surface area (TPSA) is 87.5 Å². The molecule has 7 heteroatoms. The van der Waals surface area contributed by atoms with E-state index in [1.54, 1.807) is 12.1 Å². The van der Waals surface area contributed by atoms with Crippen LogP contribution in [0.3, 0.4) is 0 Å². The van der Waals surface area contributed by atoms with Crippen molar-refractivity contribution in [2.75, 3.05) is 31.5 Å². The second kappa shape index (κ2) is 9.36. The summed E-state index contributed by atoms with van der Waals surface area (Å²) in [4.78, 5) is 25.3. The van der Waals surface area contributed by atoms with Crippen molar-refractivity contribution >= 4 is 17.3 Å². The van der Waals surface area contributed by atoms with Crippen molar-refractivity contribution in [1.82, 2.24) is 10.2 Å². The van der Waals surface area contributed by atoms with Crippen molar-refractivity contribution in [1.29, 1.82) is 0 Å². The Morgan fingerprint density at radius 2 is 1.92 bits per heavy atom. The first-order chi connectivity index (χ1) is 12.0. The lowest BCUT2D eigenvalue weighted by Crippen LogP contribution is -2.30. The molecule has 25 heavy (non-hydrogen) atoms. The highest BCUT2D eigenvalue weighted by molar-refractivity contribution is 5.95. The van der Waals surface area contributed by atoms with Gasteiger partial charge < -0.3 is 15.5 Å². The number of nitrogens with one attached hydrogen (secondary N) is 2. The van der Waals surface area contributed by atoms with Gasteiger partial charge in [-0.3, -0.25) is 14.9 Å². The van der Waals surface area contributed by atoms with Crippen molar-refractivity contribution in [2.45, 2.75) is 45.6 Å². The van der Waals surface area contributed by atoms with Crippen LogP contribution in [-0.4, -0.2) is 48.0 Å². The molecule has 2 rings (SSSR count). The molecule has 1 aromatic carbocycles. The molecule has 1 aliphatic rings. The first kappa shape index (κ1) is 19.2. The van der Waals surface area contributed by atoms with Crippen molar-refractivity contribution in [3.05, 3.63) is 33.9 Å². The fraction of sp³-hybridized carbons (Fsp3) is 0.611. The zero-order valence-corrected chi connectivity index (χ0v) is 15.1. The van der Waals surface area contributed by atoms with E-state index >= 15 is 0 Å². The minimum atomic E-state index is -0.444. The number of nitro groups is 1. The Morgan fingerprint density at radius 1 is 1.24 bits per heavy atom. The Morgan fingerprint density at radius 3 is 2.52 bits per heavy atom. The second-order valence-corrected chi connectivity index (χ2v) is 6.80. The van der Waals surface area contributed by atoms with E-state index in [4.69, 9.17) is 0 Å². The van der Waals surface area contributed by atoms with Gasteiger partial charge in [0.2, 0.25) is 0 Å². The van der Waals surface area contributed by atoms with Crippen molar-refractivity contribution < 1.29 is 9.72 Å². The van der Waals surface area contributed by atoms with Crippen LogP contribution in [0.25, 0.3) is 0 Å². The molecular weight excluding hydrogens is 320 g/mol. The zero-order valence-electron chi connectivity index (χ0n) is 15.1. The monoisotopic (exact) mass is 348 g/mol. The highest BCUT2D eigenvalue weighted by atomic mass is 16.6. The molecule has 0 bridgehead atoms. The standard InChI is InChI=1S/C18H28N4O3/c1-14(2)20-18(23)15-7-8-16(17(13-15)22(24)25)19-9-12-21-10-5-3-4-6-11-21/h7-8,13-14,19H,3-6,9-12H2,1-2H3,(H,20,23). The maximum atomic E-state index is 12.0. The fourth-order valence-corrected chi connectivity index (χ4v) is 3.03. The van der Waals surface area contributed by atoms with Crippen LogP contribution in [0.4, 0.5) is 11.4 Å². The van der Waals surface area contributed by atoms with E-state index in [2.05, 4.69) is 15.5 Å². The molecule has 1 amide bonds. The van der Waals surface area contributed by atoms with Gasteiger partial charge in [0.1, 0.15) is 5.69 Å². The van der Waals surface area contributed by atoms with Gasteiger partial charge in [0.05, 0.1) is 4.92 Å². The molecule has 0 radical (unpaired) electrons. The molecule has 0 spiro atoms. The lowest BCUT2D eigenvalue weighted by molar-refractivity contribution is -0.384. The summed E-state index contributed by atoms with van der Waals surface area (Å²) in [5.41, 5.74) is 0.701. The summed E-state index contributed by atoms with van der Waals surface area (Å²) in [6.07, 6.45) is 5.02. The number of amides is 1. The molecule has 1 fully saturated rings. The van der Waals surface area contributed by atoms with E-state index < -0.39 is 4.92 Å². The van der Waals surface area contributed by atoms with Gasteiger partial charge in [-0.05, 0) is 51.9 Å². The Kier molecular flexibility index (Phi) is 7.18. The van der Waals surface area contributed by atoms with E-state index in [0.717, 1.165) is 19.6 Å². The molecule has 1 saturated heterocycles. The molecule has 0 aromatic heterocycles. The van der Waals surface area contributed by atoms with Gasteiger partial charge >= 0.3 is 0 Å². The summed E-state index contributed by atoms with van der Waals surface area (Å²) in [5, 5.41) is 17.3. The Labute approximate surface area is 148 Å². The molecule has 0 saturated carbocycles. The average molecular weight is 348 g/mol. The molecule has 0 atom stereocenters. The predicted octanol–water partition coefficient (Wildman–Crippen LogP) is 3.02. The molecule has 1 heterocycles. The third-order valence-electron chi connectivity index (χ3n) is 4.32. The number of anilines is 1. The van der Waals surface area contributed by atoms with E-state index in [0.29, 0.717) is 17.8 Å². The molecule has 138 valence electrons. The van der Waals surface area contributed by atoms with Crippen LogP contribution in [0.15, 0.2) is 18.2 Å². The number of rotatable bonds is 7. The first-order valence-corrected chi connectivity index (χ1v) is 9.03. The van der Waals surface area contributed by atoms with E-state index in [1.165, 1.54) is 31.7 Å². The average Bonchev–Trinajstić information content (AvgIpc) is 2.83. The lowest BCUT2D eigenvalue weighted by atomic mass is 10.1. The summed E-state index contributed by atoms with van der Waals surface area (Å²) in [7, 11) is 0. The summed E-state index contributed by atoms with van der Waals surface area (Å²) in [5.74, 6) is -0.297. The van der Waals surface area contributed by atoms with Crippen molar-refractivity contribution in [2.24, 2.45) is 0 Å². The van der Waals surface area contributed by atoms with Crippen LogP contribution in [0.5, 0.6) is 0 Å². The number of hydrogen-bond acceptors (Lipinski definition) is 5. The quantitative estimate of drug-likeness (QED) is 0.584. The molecule has 0 aliphatic carbocycles. The Bertz CT molecular complexity index is 596. The molecule has 1 aliphatic heterocycles. The first-order valence-electron chi connectivity index (χ1n) is 9.03. The zero-order chi connectivity index (χ0) is 18.2. The Balaban J connectivity index is 1.99. The van der Waals surface area contributed by atoms with E-state index in [1.807, 2.05) is 13.8 Å².